The number of likely N-dealkylation sites (tertiary alicyclic amines) is 1. The van der Waals surface area contributed by atoms with Crippen LogP contribution in [0.5, 0.6) is 11.5 Å². The van der Waals surface area contributed by atoms with E-state index in [2.05, 4.69) is 0 Å². The lowest BCUT2D eigenvalue weighted by Crippen LogP contribution is -2.43. The molecule has 0 atom stereocenters. The van der Waals surface area contributed by atoms with Gasteiger partial charge >= 0.3 is 0 Å². The number of rotatable bonds is 6. The Morgan fingerprint density at radius 3 is 2.08 bits per heavy atom. The van der Waals surface area contributed by atoms with Crippen molar-refractivity contribution in [2.45, 2.75) is 31.9 Å². The Morgan fingerprint density at radius 2 is 1.64 bits per heavy atom. The highest BCUT2D eigenvalue weighted by atomic mass is 32.2. The standard InChI is InChI=1S/C18H27NO5S/c1-13(2)12-25(21,22)17-5-7-19(8-6-17)18(20)14-9-15(23-3)11-16(10-14)24-4/h9-11,13,17H,5-8,12H2,1-4H3. The van der Waals surface area contributed by atoms with Crippen molar-refractivity contribution < 1.29 is 22.7 Å². The molecule has 2 rings (SSSR count). The van der Waals surface area contributed by atoms with Gasteiger partial charge in [0.2, 0.25) is 0 Å². The number of methoxy groups -OCH3 is 2. The third-order valence-corrected chi connectivity index (χ3v) is 7.02. The van der Waals surface area contributed by atoms with Gasteiger partial charge in [-0.3, -0.25) is 4.79 Å². The number of amides is 1. The molecule has 1 aliphatic rings. The van der Waals surface area contributed by atoms with Crippen molar-refractivity contribution in [3.05, 3.63) is 23.8 Å². The predicted octanol–water partition coefficient (Wildman–Crippen LogP) is 2.38. The van der Waals surface area contributed by atoms with Gasteiger partial charge in [0.25, 0.3) is 5.91 Å². The van der Waals surface area contributed by atoms with Crippen LogP contribution in [0, 0.1) is 5.92 Å². The summed E-state index contributed by atoms with van der Waals surface area (Å²) < 4.78 is 35.2. The summed E-state index contributed by atoms with van der Waals surface area (Å²) in [5.74, 6) is 1.30. The Bertz CT molecular complexity index is 684. The van der Waals surface area contributed by atoms with Gasteiger partial charge in [-0.05, 0) is 30.9 Å². The van der Waals surface area contributed by atoms with Gasteiger partial charge in [0, 0.05) is 24.7 Å². The first-order valence-corrected chi connectivity index (χ1v) is 10.2. The van der Waals surface area contributed by atoms with E-state index in [9.17, 15) is 13.2 Å². The molecule has 0 spiro atoms. The van der Waals surface area contributed by atoms with Crippen molar-refractivity contribution in [1.82, 2.24) is 4.90 Å². The van der Waals surface area contributed by atoms with Crippen LogP contribution in [0.4, 0.5) is 0 Å². The van der Waals surface area contributed by atoms with Crippen LogP contribution < -0.4 is 9.47 Å². The molecule has 1 aromatic rings. The number of hydrogen-bond acceptors (Lipinski definition) is 5. The van der Waals surface area contributed by atoms with E-state index in [1.165, 1.54) is 14.2 Å². The third-order valence-electron chi connectivity index (χ3n) is 4.40. The van der Waals surface area contributed by atoms with E-state index in [0.29, 0.717) is 43.0 Å². The number of hydrogen-bond donors (Lipinski definition) is 0. The molecule has 0 aliphatic carbocycles. The number of carbonyl (C=O) groups is 1. The van der Waals surface area contributed by atoms with Crippen molar-refractivity contribution >= 4 is 15.7 Å². The molecule has 0 unspecified atom stereocenters. The molecule has 1 amide bonds. The lowest BCUT2D eigenvalue weighted by atomic mass is 10.1. The number of benzene rings is 1. The molecular formula is C18H27NO5S. The average molecular weight is 369 g/mol. The molecule has 1 saturated heterocycles. The van der Waals surface area contributed by atoms with Crippen LogP contribution in [0.1, 0.15) is 37.0 Å². The Kier molecular flexibility index (Phi) is 6.32. The predicted molar refractivity (Wildman–Crippen MR) is 97.1 cm³/mol. The van der Waals surface area contributed by atoms with Gasteiger partial charge in [-0.2, -0.15) is 0 Å². The highest BCUT2D eigenvalue weighted by molar-refractivity contribution is 7.92. The minimum absolute atomic E-state index is 0.119. The molecule has 25 heavy (non-hydrogen) atoms. The lowest BCUT2D eigenvalue weighted by molar-refractivity contribution is 0.0725. The molecule has 1 fully saturated rings. The van der Waals surface area contributed by atoms with Crippen LogP contribution in [0.3, 0.4) is 0 Å². The summed E-state index contributed by atoms with van der Waals surface area (Å²) in [4.78, 5) is 14.4. The minimum atomic E-state index is -3.10. The smallest absolute Gasteiger partial charge is 0.254 e. The summed E-state index contributed by atoms with van der Waals surface area (Å²) in [7, 11) is -0.0240. The van der Waals surface area contributed by atoms with Crippen LogP contribution in [0.15, 0.2) is 18.2 Å². The number of piperidine rings is 1. The molecule has 0 radical (unpaired) electrons. The molecule has 7 heteroatoms. The lowest BCUT2D eigenvalue weighted by Gasteiger charge is -2.32. The van der Waals surface area contributed by atoms with Gasteiger partial charge in [-0.1, -0.05) is 13.8 Å². The fourth-order valence-electron chi connectivity index (χ4n) is 3.13. The van der Waals surface area contributed by atoms with Gasteiger partial charge in [0.1, 0.15) is 11.5 Å². The van der Waals surface area contributed by atoms with Crippen molar-refractivity contribution in [1.29, 1.82) is 0 Å². The fourth-order valence-corrected chi connectivity index (χ4v) is 5.26. The number of nitrogens with zero attached hydrogens (tertiary/aromatic N) is 1. The highest BCUT2D eigenvalue weighted by Gasteiger charge is 2.32. The maximum absolute atomic E-state index is 12.7. The van der Waals surface area contributed by atoms with E-state index in [4.69, 9.17) is 9.47 Å². The highest BCUT2D eigenvalue weighted by Crippen LogP contribution is 2.26. The second kappa shape index (κ2) is 8.08. The molecule has 0 N–H and O–H groups in total. The fraction of sp³-hybridized carbons (Fsp3) is 0.611. The first kappa shape index (κ1) is 19.6. The topological polar surface area (TPSA) is 72.9 Å². The number of carbonyl (C=O) groups excluding carboxylic acids is 1. The van der Waals surface area contributed by atoms with Crippen LogP contribution in [0.2, 0.25) is 0 Å². The average Bonchev–Trinajstić information content (AvgIpc) is 2.59. The van der Waals surface area contributed by atoms with Crippen LogP contribution in [-0.4, -0.2) is 57.5 Å². The quantitative estimate of drug-likeness (QED) is 0.770. The van der Waals surface area contributed by atoms with Gasteiger partial charge in [-0.15, -0.1) is 0 Å². The van der Waals surface area contributed by atoms with Gasteiger partial charge in [-0.25, -0.2) is 8.42 Å². The van der Waals surface area contributed by atoms with Crippen molar-refractivity contribution in [2.24, 2.45) is 5.92 Å². The van der Waals surface area contributed by atoms with Crippen molar-refractivity contribution in [3.63, 3.8) is 0 Å². The summed E-state index contributed by atoms with van der Waals surface area (Å²) in [6.07, 6.45) is 0.976. The summed E-state index contributed by atoms with van der Waals surface area (Å²) in [6.45, 7) is 4.71. The van der Waals surface area contributed by atoms with Gasteiger partial charge in [0.05, 0.1) is 25.2 Å². The monoisotopic (exact) mass is 369 g/mol. The number of sulfone groups is 1. The second-order valence-electron chi connectivity index (χ2n) is 6.82. The van der Waals surface area contributed by atoms with Crippen LogP contribution >= 0.6 is 0 Å². The summed E-state index contributed by atoms with van der Waals surface area (Å²) in [5.41, 5.74) is 0.486. The number of ether oxygens (including phenoxy) is 2. The zero-order valence-corrected chi connectivity index (χ0v) is 16.1. The molecule has 0 bridgehead atoms. The second-order valence-corrected chi connectivity index (χ2v) is 9.14. The van der Waals surface area contributed by atoms with E-state index in [1.54, 1.807) is 23.1 Å². The van der Waals surface area contributed by atoms with Crippen LogP contribution in [-0.2, 0) is 9.84 Å². The molecule has 6 nitrogen and oxygen atoms in total. The maximum Gasteiger partial charge on any atom is 0.254 e. The van der Waals surface area contributed by atoms with E-state index in [1.807, 2.05) is 13.8 Å². The molecule has 140 valence electrons. The van der Waals surface area contributed by atoms with E-state index >= 15 is 0 Å². The first-order chi connectivity index (χ1) is 11.8. The molecular weight excluding hydrogens is 342 g/mol. The van der Waals surface area contributed by atoms with E-state index < -0.39 is 9.84 Å². The third kappa shape index (κ3) is 4.87. The molecule has 1 aromatic carbocycles. The molecule has 1 heterocycles. The minimum Gasteiger partial charge on any atom is -0.497 e. The van der Waals surface area contributed by atoms with E-state index in [-0.39, 0.29) is 22.8 Å². The molecule has 0 aromatic heterocycles. The Labute approximate surface area is 150 Å². The molecule has 0 saturated carbocycles. The first-order valence-electron chi connectivity index (χ1n) is 8.50. The van der Waals surface area contributed by atoms with Crippen LogP contribution in [0.25, 0.3) is 0 Å². The Morgan fingerprint density at radius 1 is 1.12 bits per heavy atom. The summed E-state index contributed by atoms with van der Waals surface area (Å²) in [5, 5.41) is -0.348. The largest absolute Gasteiger partial charge is 0.497 e. The van der Waals surface area contributed by atoms with Gasteiger partial charge in [0.15, 0.2) is 9.84 Å². The Hall–Kier alpha value is -1.76. The molecule has 1 aliphatic heterocycles. The van der Waals surface area contributed by atoms with Crippen molar-refractivity contribution in [3.8, 4) is 11.5 Å². The zero-order valence-electron chi connectivity index (χ0n) is 15.3. The Balaban J connectivity index is 2.07. The normalized spacial score (nSPS) is 16.1. The van der Waals surface area contributed by atoms with Crippen molar-refractivity contribution in [2.75, 3.05) is 33.1 Å². The zero-order chi connectivity index (χ0) is 18.6. The summed E-state index contributed by atoms with van der Waals surface area (Å²) >= 11 is 0. The van der Waals surface area contributed by atoms with Gasteiger partial charge < -0.3 is 14.4 Å². The van der Waals surface area contributed by atoms with E-state index in [0.717, 1.165) is 0 Å². The maximum atomic E-state index is 12.7. The summed E-state index contributed by atoms with van der Waals surface area (Å²) in [6, 6.07) is 5.06. The SMILES string of the molecule is COc1cc(OC)cc(C(=O)N2CCC(S(=O)(=O)CC(C)C)CC2)c1.